The monoisotopic (exact) mass is 350 g/mol. The molecule has 0 bridgehead atoms. The number of hydrogen-bond acceptors (Lipinski definition) is 3. The van der Waals surface area contributed by atoms with Crippen molar-refractivity contribution in [3.8, 4) is 5.69 Å². The highest BCUT2D eigenvalue weighted by atomic mass is 79.9. The molecule has 2 rings (SSSR count). The van der Waals surface area contributed by atoms with Crippen LogP contribution in [0.2, 0.25) is 0 Å². The number of nitrogens with one attached hydrogen (secondary N) is 2. The summed E-state index contributed by atoms with van der Waals surface area (Å²) in [5, 5.41) is 10.3. The van der Waals surface area contributed by atoms with E-state index >= 15 is 0 Å². The van der Waals surface area contributed by atoms with Crippen molar-refractivity contribution in [2.75, 3.05) is 13.6 Å². The van der Waals surface area contributed by atoms with Gasteiger partial charge in [0.1, 0.15) is 0 Å². The molecule has 0 saturated carbocycles. The average molecular weight is 351 g/mol. The summed E-state index contributed by atoms with van der Waals surface area (Å²) in [5.74, 6) is -0.188. The van der Waals surface area contributed by atoms with Gasteiger partial charge in [0.05, 0.1) is 5.69 Å². The van der Waals surface area contributed by atoms with Crippen molar-refractivity contribution in [3.05, 3.63) is 46.2 Å². The third kappa shape index (κ3) is 3.51. The fraction of sp³-hybridized carbons (Fsp3) is 0.333. The van der Waals surface area contributed by atoms with Crippen molar-refractivity contribution in [1.82, 2.24) is 20.4 Å². The molecule has 1 unspecified atom stereocenters. The standard InChI is InChI=1S/C15H19BrN4O/c1-4-18-10(2)12-9-11(16)5-6-14(12)20-8-7-13(19-20)15(21)17-3/h5-10,18H,4H2,1-3H3,(H,17,21). The molecule has 21 heavy (non-hydrogen) atoms. The molecule has 5 nitrogen and oxygen atoms in total. The SMILES string of the molecule is CCNC(C)c1cc(Br)ccc1-n1ccc(C(=O)NC)n1. The Bertz CT molecular complexity index is 638. The molecule has 112 valence electrons. The lowest BCUT2D eigenvalue weighted by Crippen LogP contribution is -2.20. The van der Waals surface area contributed by atoms with Gasteiger partial charge in [-0.15, -0.1) is 0 Å². The lowest BCUT2D eigenvalue weighted by Gasteiger charge is -2.17. The third-order valence-corrected chi connectivity index (χ3v) is 3.76. The van der Waals surface area contributed by atoms with Crippen LogP contribution in [0.15, 0.2) is 34.9 Å². The Labute approximate surface area is 132 Å². The Balaban J connectivity index is 2.43. The van der Waals surface area contributed by atoms with Crippen LogP contribution in [-0.2, 0) is 0 Å². The number of carbonyl (C=O) groups excluding carboxylic acids is 1. The quantitative estimate of drug-likeness (QED) is 0.871. The second kappa shape index (κ2) is 6.87. The van der Waals surface area contributed by atoms with Crippen molar-refractivity contribution < 1.29 is 4.79 Å². The van der Waals surface area contributed by atoms with E-state index in [1.165, 1.54) is 0 Å². The summed E-state index contributed by atoms with van der Waals surface area (Å²) >= 11 is 3.51. The van der Waals surface area contributed by atoms with Gasteiger partial charge in [0.2, 0.25) is 0 Å². The minimum Gasteiger partial charge on any atom is -0.354 e. The summed E-state index contributed by atoms with van der Waals surface area (Å²) in [4.78, 5) is 11.6. The molecule has 0 aliphatic carbocycles. The van der Waals surface area contributed by atoms with Gasteiger partial charge in [-0.2, -0.15) is 5.10 Å². The normalized spacial score (nSPS) is 12.2. The Morgan fingerprint density at radius 1 is 1.43 bits per heavy atom. The van der Waals surface area contributed by atoms with Gasteiger partial charge in [0.25, 0.3) is 5.91 Å². The van der Waals surface area contributed by atoms with E-state index in [-0.39, 0.29) is 11.9 Å². The highest BCUT2D eigenvalue weighted by Crippen LogP contribution is 2.25. The molecule has 0 aliphatic rings. The van der Waals surface area contributed by atoms with E-state index in [4.69, 9.17) is 0 Å². The van der Waals surface area contributed by atoms with E-state index in [0.29, 0.717) is 5.69 Å². The second-order valence-electron chi connectivity index (χ2n) is 4.71. The van der Waals surface area contributed by atoms with Gasteiger partial charge >= 0.3 is 0 Å². The first-order valence-corrected chi connectivity index (χ1v) is 7.67. The largest absolute Gasteiger partial charge is 0.354 e. The Morgan fingerprint density at radius 3 is 2.86 bits per heavy atom. The fourth-order valence-corrected chi connectivity index (χ4v) is 2.58. The maximum atomic E-state index is 11.6. The van der Waals surface area contributed by atoms with Crippen LogP contribution in [-0.4, -0.2) is 29.3 Å². The number of nitrogens with zero attached hydrogens (tertiary/aromatic N) is 2. The van der Waals surface area contributed by atoms with Crippen LogP contribution in [0.3, 0.4) is 0 Å². The maximum Gasteiger partial charge on any atom is 0.271 e. The minimum atomic E-state index is -0.188. The molecule has 0 radical (unpaired) electrons. The summed E-state index contributed by atoms with van der Waals surface area (Å²) in [7, 11) is 1.60. The smallest absolute Gasteiger partial charge is 0.271 e. The summed E-state index contributed by atoms with van der Waals surface area (Å²) in [6.07, 6.45) is 1.80. The second-order valence-corrected chi connectivity index (χ2v) is 5.62. The van der Waals surface area contributed by atoms with Gasteiger partial charge in [0, 0.05) is 23.8 Å². The van der Waals surface area contributed by atoms with Crippen LogP contribution in [0.5, 0.6) is 0 Å². The fourth-order valence-electron chi connectivity index (χ4n) is 2.20. The zero-order valence-electron chi connectivity index (χ0n) is 12.4. The molecule has 0 aliphatic heterocycles. The van der Waals surface area contributed by atoms with Gasteiger partial charge in [-0.05, 0) is 43.3 Å². The number of hydrogen-bond donors (Lipinski definition) is 2. The Morgan fingerprint density at radius 2 is 2.19 bits per heavy atom. The molecule has 0 saturated heterocycles. The molecule has 1 atom stereocenters. The molecule has 1 amide bonds. The molecule has 1 aromatic heterocycles. The predicted molar refractivity (Wildman–Crippen MR) is 86.7 cm³/mol. The Kier molecular flexibility index (Phi) is 5.14. The van der Waals surface area contributed by atoms with Crippen LogP contribution < -0.4 is 10.6 Å². The molecule has 1 aromatic carbocycles. The number of rotatable bonds is 5. The number of carbonyl (C=O) groups is 1. The minimum absolute atomic E-state index is 0.188. The first kappa shape index (κ1) is 15.7. The zero-order chi connectivity index (χ0) is 15.4. The first-order valence-electron chi connectivity index (χ1n) is 6.87. The molecule has 1 heterocycles. The average Bonchev–Trinajstić information content (AvgIpc) is 2.96. The number of amides is 1. The molecule has 6 heteroatoms. The van der Waals surface area contributed by atoms with Crippen molar-refractivity contribution in [2.24, 2.45) is 0 Å². The van der Waals surface area contributed by atoms with Gasteiger partial charge in [-0.25, -0.2) is 4.68 Å². The number of aromatic nitrogens is 2. The van der Waals surface area contributed by atoms with E-state index in [1.54, 1.807) is 24.0 Å². The zero-order valence-corrected chi connectivity index (χ0v) is 13.9. The molecule has 2 aromatic rings. The van der Waals surface area contributed by atoms with Crippen LogP contribution in [0, 0.1) is 0 Å². The molecular weight excluding hydrogens is 332 g/mol. The van der Waals surface area contributed by atoms with Crippen LogP contribution in [0.1, 0.15) is 35.9 Å². The number of halogens is 1. The van der Waals surface area contributed by atoms with Gasteiger partial charge in [-0.3, -0.25) is 4.79 Å². The highest BCUT2D eigenvalue weighted by Gasteiger charge is 2.14. The third-order valence-electron chi connectivity index (χ3n) is 3.26. The van der Waals surface area contributed by atoms with E-state index in [1.807, 2.05) is 12.1 Å². The van der Waals surface area contributed by atoms with Crippen LogP contribution >= 0.6 is 15.9 Å². The molecule has 0 fully saturated rings. The highest BCUT2D eigenvalue weighted by molar-refractivity contribution is 9.10. The van der Waals surface area contributed by atoms with Crippen molar-refractivity contribution in [3.63, 3.8) is 0 Å². The molecule has 0 spiro atoms. The van der Waals surface area contributed by atoms with Crippen molar-refractivity contribution in [2.45, 2.75) is 19.9 Å². The Hall–Kier alpha value is -1.66. The predicted octanol–water partition coefficient (Wildman–Crippen LogP) is 2.66. The lowest BCUT2D eigenvalue weighted by molar-refractivity contribution is 0.0957. The summed E-state index contributed by atoms with van der Waals surface area (Å²) in [5.41, 5.74) is 2.49. The van der Waals surface area contributed by atoms with Gasteiger partial charge in [0.15, 0.2) is 5.69 Å². The summed E-state index contributed by atoms with van der Waals surface area (Å²) in [6.45, 7) is 5.07. The van der Waals surface area contributed by atoms with Crippen molar-refractivity contribution in [1.29, 1.82) is 0 Å². The van der Waals surface area contributed by atoms with Crippen LogP contribution in [0.4, 0.5) is 0 Å². The molecular formula is C15H19BrN4O. The van der Waals surface area contributed by atoms with Gasteiger partial charge in [-0.1, -0.05) is 22.9 Å². The molecule has 2 N–H and O–H groups in total. The summed E-state index contributed by atoms with van der Waals surface area (Å²) < 4.78 is 2.75. The van der Waals surface area contributed by atoms with E-state index in [2.05, 4.69) is 51.6 Å². The number of benzene rings is 1. The van der Waals surface area contributed by atoms with E-state index < -0.39 is 0 Å². The van der Waals surface area contributed by atoms with E-state index in [9.17, 15) is 4.79 Å². The van der Waals surface area contributed by atoms with Crippen LogP contribution in [0.25, 0.3) is 5.69 Å². The topological polar surface area (TPSA) is 59.0 Å². The lowest BCUT2D eigenvalue weighted by atomic mass is 10.1. The van der Waals surface area contributed by atoms with Crippen molar-refractivity contribution >= 4 is 21.8 Å². The summed E-state index contributed by atoms with van der Waals surface area (Å²) in [6, 6.07) is 7.94. The first-order chi connectivity index (χ1) is 10.1. The maximum absolute atomic E-state index is 11.6. The van der Waals surface area contributed by atoms with Gasteiger partial charge < -0.3 is 10.6 Å². The van der Waals surface area contributed by atoms with E-state index in [0.717, 1.165) is 22.3 Å².